The van der Waals surface area contributed by atoms with Crippen LogP contribution in [0.15, 0.2) is 0 Å². The van der Waals surface area contributed by atoms with Gasteiger partial charge in [0.1, 0.15) is 19.3 Å². The van der Waals surface area contributed by atoms with E-state index < -0.39 is 97.5 Å². The summed E-state index contributed by atoms with van der Waals surface area (Å²) in [5.74, 6) is 0.252. The van der Waals surface area contributed by atoms with Crippen LogP contribution in [0.25, 0.3) is 0 Å². The molecule has 0 aromatic rings. The molecule has 0 aromatic carbocycles. The van der Waals surface area contributed by atoms with E-state index in [4.69, 9.17) is 37.0 Å². The van der Waals surface area contributed by atoms with E-state index in [1.165, 1.54) is 199 Å². The van der Waals surface area contributed by atoms with Gasteiger partial charge in [0.25, 0.3) is 0 Å². The molecule has 96 heavy (non-hydrogen) atoms. The van der Waals surface area contributed by atoms with Gasteiger partial charge in [-0.25, -0.2) is 9.13 Å². The predicted octanol–water partition coefficient (Wildman–Crippen LogP) is 22.6. The largest absolute Gasteiger partial charge is 0.472 e. The number of carbonyl (C=O) groups excluding carboxylic acids is 4. The second-order valence-corrected chi connectivity index (χ2v) is 31.6. The summed E-state index contributed by atoms with van der Waals surface area (Å²) in [6.07, 6.45) is 54.0. The Labute approximate surface area is 588 Å². The Hall–Kier alpha value is -1.94. The summed E-state index contributed by atoms with van der Waals surface area (Å²) >= 11 is 0. The molecule has 0 amide bonds. The molecule has 0 aromatic heterocycles. The summed E-state index contributed by atoms with van der Waals surface area (Å²) in [6.45, 7) is 11.9. The van der Waals surface area contributed by atoms with Crippen LogP contribution in [0.4, 0.5) is 0 Å². The van der Waals surface area contributed by atoms with Crippen molar-refractivity contribution in [3.63, 3.8) is 0 Å². The average Bonchev–Trinajstić information content (AvgIpc) is 1.34. The summed E-state index contributed by atoms with van der Waals surface area (Å²) in [6, 6.07) is 0. The van der Waals surface area contributed by atoms with Gasteiger partial charge < -0.3 is 33.8 Å². The van der Waals surface area contributed by atoms with Crippen molar-refractivity contribution in [1.82, 2.24) is 0 Å². The van der Waals surface area contributed by atoms with E-state index in [0.29, 0.717) is 25.7 Å². The molecule has 570 valence electrons. The van der Waals surface area contributed by atoms with Crippen molar-refractivity contribution >= 4 is 39.5 Å². The normalized spacial score (nSPS) is 14.6. The summed E-state index contributed by atoms with van der Waals surface area (Å²) in [5.41, 5.74) is 0. The molecule has 0 saturated carbocycles. The first-order valence-corrected chi connectivity index (χ1v) is 42.9. The monoisotopic (exact) mass is 1410 g/mol. The molecule has 0 heterocycles. The molecule has 0 aliphatic carbocycles. The van der Waals surface area contributed by atoms with Gasteiger partial charge in [0.05, 0.1) is 26.4 Å². The number of phosphoric acid groups is 2. The van der Waals surface area contributed by atoms with Crippen molar-refractivity contribution in [2.75, 3.05) is 39.6 Å². The number of unbranched alkanes of at least 4 members (excludes halogenated alkanes) is 41. The van der Waals surface area contributed by atoms with Gasteiger partial charge in [-0.15, -0.1) is 0 Å². The molecular weight excluding hydrogens is 1260 g/mol. The molecule has 19 heteroatoms. The van der Waals surface area contributed by atoms with Crippen LogP contribution in [0, 0.1) is 17.8 Å². The molecule has 0 spiro atoms. The van der Waals surface area contributed by atoms with Gasteiger partial charge in [0.15, 0.2) is 12.2 Å². The second-order valence-electron chi connectivity index (χ2n) is 28.7. The van der Waals surface area contributed by atoms with Gasteiger partial charge in [-0.2, -0.15) is 0 Å². The lowest BCUT2D eigenvalue weighted by molar-refractivity contribution is -0.161. The Morgan fingerprint density at radius 2 is 0.531 bits per heavy atom. The summed E-state index contributed by atoms with van der Waals surface area (Å²) < 4.78 is 68.6. The van der Waals surface area contributed by atoms with Crippen LogP contribution in [-0.4, -0.2) is 96.7 Å². The lowest BCUT2D eigenvalue weighted by Gasteiger charge is -2.21. The van der Waals surface area contributed by atoms with Gasteiger partial charge in [0.2, 0.25) is 0 Å². The molecule has 0 radical (unpaired) electrons. The third-order valence-corrected chi connectivity index (χ3v) is 20.5. The van der Waals surface area contributed by atoms with Gasteiger partial charge in [-0.3, -0.25) is 37.3 Å². The third kappa shape index (κ3) is 67.9. The maximum Gasteiger partial charge on any atom is 0.472 e. The van der Waals surface area contributed by atoms with Gasteiger partial charge >= 0.3 is 39.5 Å². The number of rotatable bonds is 75. The van der Waals surface area contributed by atoms with Crippen molar-refractivity contribution in [2.45, 2.75) is 414 Å². The van der Waals surface area contributed by atoms with E-state index in [9.17, 15) is 43.2 Å². The van der Waals surface area contributed by atoms with Crippen LogP contribution in [-0.2, 0) is 65.4 Å². The Kier molecular flexibility index (Phi) is 66.2. The second kappa shape index (κ2) is 67.5. The molecule has 0 aliphatic heterocycles. The smallest absolute Gasteiger partial charge is 0.462 e. The van der Waals surface area contributed by atoms with E-state index in [1.807, 2.05) is 0 Å². The van der Waals surface area contributed by atoms with Gasteiger partial charge in [-0.05, 0) is 43.4 Å². The van der Waals surface area contributed by atoms with Crippen molar-refractivity contribution < 1.29 is 80.2 Å². The maximum atomic E-state index is 13.1. The number of aliphatic hydroxyl groups is 1. The number of carbonyl (C=O) groups is 4. The zero-order valence-electron chi connectivity index (χ0n) is 62.8. The van der Waals surface area contributed by atoms with Crippen molar-refractivity contribution in [3.8, 4) is 0 Å². The Bertz CT molecular complexity index is 1870. The molecule has 7 atom stereocenters. The van der Waals surface area contributed by atoms with Crippen LogP contribution in [0.3, 0.4) is 0 Å². The number of ether oxygens (including phenoxy) is 4. The minimum absolute atomic E-state index is 0.106. The minimum Gasteiger partial charge on any atom is -0.462 e. The fraction of sp³-hybridized carbons (Fsp3) is 0.948. The lowest BCUT2D eigenvalue weighted by atomic mass is 9.99. The van der Waals surface area contributed by atoms with Crippen LogP contribution in [0.2, 0.25) is 0 Å². The minimum atomic E-state index is -4.96. The Morgan fingerprint density at radius 1 is 0.302 bits per heavy atom. The Balaban J connectivity index is 5.25. The average molecular weight is 1410 g/mol. The van der Waals surface area contributed by atoms with Crippen molar-refractivity contribution in [1.29, 1.82) is 0 Å². The SMILES string of the molecule is CCCCCCCCCCCCCCC(=O)O[C@H](COC(=O)CCCCCCCCC(C)CC)COP(=O)(O)OC[C@H](O)COP(=O)(O)OC[C@@H](COC(=O)CCCCCCCCCCCCCCCC(C)C)OC(=O)CCCCCCCCCCCCCCCCC(C)CC. The standard InChI is InChI=1S/C77H150O17P2/c1-8-11-12-13-14-15-16-26-32-37-46-53-60-76(81)94-73(65-88-75(80)59-52-45-40-39-43-50-57-70(7)10-3)67-92-96(85,86)90-63-71(78)62-89-95(83,84)91-66-72(64-87-74(79)58-51-44-36-31-27-23-19-20-24-29-34-41-48-55-68(4)5)93-77(82)61-54-47-38-33-28-22-18-17-21-25-30-35-42-49-56-69(6)9-2/h68-73,78H,8-67H2,1-7H3,(H,83,84)(H,85,86)/t69?,70?,71-,72-,73-/m1/s1. The zero-order valence-corrected chi connectivity index (χ0v) is 64.6. The third-order valence-electron chi connectivity index (χ3n) is 18.6. The van der Waals surface area contributed by atoms with E-state index in [0.717, 1.165) is 114 Å². The topological polar surface area (TPSA) is 237 Å². The number of hydrogen-bond acceptors (Lipinski definition) is 15. The highest BCUT2D eigenvalue weighted by molar-refractivity contribution is 7.47. The molecule has 4 unspecified atom stereocenters. The zero-order chi connectivity index (χ0) is 70.9. The van der Waals surface area contributed by atoms with Crippen LogP contribution in [0.5, 0.6) is 0 Å². The molecule has 0 fully saturated rings. The molecular formula is C77H150O17P2. The molecule has 0 aliphatic rings. The number of hydrogen-bond donors (Lipinski definition) is 3. The van der Waals surface area contributed by atoms with Crippen LogP contribution in [0.1, 0.15) is 395 Å². The van der Waals surface area contributed by atoms with E-state index in [2.05, 4.69) is 48.5 Å². The summed E-state index contributed by atoms with van der Waals surface area (Å²) in [4.78, 5) is 72.8. The molecule has 0 bridgehead atoms. The highest BCUT2D eigenvalue weighted by Gasteiger charge is 2.30. The number of phosphoric ester groups is 2. The lowest BCUT2D eigenvalue weighted by Crippen LogP contribution is -2.30. The maximum absolute atomic E-state index is 13.1. The highest BCUT2D eigenvalue weighted by Crippen LogP contribution is 2.45. The fourth-order valence-corrected chi connectivity index (χ4v) is 13.3. The fourth-order valence-electron chi connectivity index (χ4n) is 11.7. The van der Waals surface area contributed by atoms with Gasteiger partial charge in [-0.1, -0.05) is 344 Å². The number of esters is 4. The molecule has 3 N–H and O–H groups in total. The highest BCUT2D eigenvalue weighted by atomic mass is 31.2. The van der Waals surface area contributed by atoms with Crippen molar-refractivity contribution in [3.05, 3.63) is 0 Å². The predicted molar refractivity (Wildman–Crippen MR) is 391 cm³/mol. The molecule has 17 nitrogen and oxygen atoms in total. The molecule has 0 saturated heterocycles. The first-order chi connectivity index (χ1) is 46.3. The summed E-state index contributed by atoms with van der Waals surface area (Å²) in [7, 11) is -9.91. The van der Waals surface area contributed by atoms with Crippen LogP contribution < -0.4 is 0 Å². The van der Waals surface area contributed by atoms with Crippen LogP contribution >= 0.6 is 15.6 Å². The first-order valence-electron chi connectivity index (χ1n) is 39.9. The van der Waals surface area contributed by atoms with Crippen molar-refractivity contribution in [2.24, 2.45) is 17.8 Å². The number of aliphatic hydroxyl groups excluding tert-OH is 1. The quantitative estimate of drug-likeness (QED) is 0.0222. The molecule has 0 rings (SSSR count). The van der Waals surface area contributed by atoms with E-state index in [1.54, 1.807) is 0 Å². The van der Waals surface area contributed by atoms with E-state index >= 15 is 0 Å². The first kappa shape index (κ1) is 94.1. The van der Waals surface area contributed by atoms with E-state index in [-0.39, 0.29) is 25.7 Å². The van der Waals surface area contributed by atoms with Gasteiger partial charge in [0, 0.05) is 25.7 Å². The Morgan fingerprint density at radius 3 is 0.792 bits per heavy atom. The summed E-state index contributed by atoms with van der Waals surface area (Å²) in [5, 5.41) is 10.6.